The number of hydrogen-bond donors (Lipinski definition) is 1. The maximum absolute atomic E-state index is 6.15. The first-order valence-electron chi connectivity index (χ1n) is 7.42. The van der Waals surface area contributed by atoms with Crippen LogP contribution in [0.3, 0.4) is 0 Å². The van der Waals surface area contributed by atoms with E-state index in [1.165, 1.54) is 31.2 Å². The molecule has 0 spiro atoms. The van der Waals surface area contributed by atoms with Crippen molar-refractivity contribution in [3.05, 3.63) is 28.2 Å². The van der Waals surface area contributed by atoms with Gasteiger partial charge in [0, 0.05) is 4.47 Å². The number of nitrogens with two attached hydrogens (primary N) is 1. The van der Waals surface area contributed by atoms with Crippen molar-refractivity contribution in [2.75, 3.05) is 13.7 Å². The van der Waals surface area contributed by atoms with Crippen molar-refractivity contribution < 1.29 is 4.74 Å². The third-order valence-electron chi connectivity index (χ3n) is 4.91. The topological polar surface area (TPSA) is 35.2 Å². The van der Waals surface area contributed by atoms with E-state index in [0.717, 1.165) is 23.2 Å². The number of methoxy groups -OCH3 is 1. The minimum Gasteiger partial charge on any atom is -0.496 e. The zero-order valence-electron chi connectivity index (χ0n) is 12.8. The third-order valence-corrected chi connectivity index (χ3v) is 5.40. The molecule has 0 aliphatic heterocycles. The minimum atomic E-state index is 0.240. The van der Waals surface area contributed by atoms with E-state index in [1.54, 1.807) is 7.11 Å². The Morgan fingerprint density at radius 3 is 2.40 bits per heavy atom. The van der Waals surface area contributed by atoms with Gasteiger partial charge in [-0.1, -0.05) is 29.8 Å². The monoisotopic (exact) mass is 339 g/mol. The first-order chi connectivity index (χ1) is 9.40. The number of hydrogen-bond acceptors (Lipinski definition) is 2. The molecule has 0 saturated heterocycles. The van der Waals surface area contributed by atoms with E-state index in [2.05, 4.69) is 35.8 Å². The van der Waals surface area contributed by atoms with Crippen LogP contribution in [0.2, 0.25) is 0 Å². The Morgan fingerprint density at radius 2 is 1.85 bits per heavy atom. The summed E-state index contributed by atoms with van der Waals surface area (Å²) in [6.45, 7) is 5.50. The van der Waals surface area contributed by atoms with Gasteiger partial charge in [0.05, 0.1) is 7.11 Å². The van der Waals surface area contributed by atoms with Crippen LogP contribution >= 0.6 is 15.9 Å². The molecule has 1 aromatic carbocycles. The third kappa shape index (κ3) is 3.56. The van der Waals surface area contributed by atoms with Crippen molar-refractivity contribution >= 4 is 15.9 Å². The Kier molecular flexibility index (Phi) is 4.80. The number of ether oxygens (including phenoxy) is 1. The predicted octanol–water partition coefficient (Wildman–Crippen LogP) is 4.55. The summed E-state index contributed by atoms with van der Waals surface area (Å²) in [6, 6.07) is 6.24. The molecule has 1 fully saturated rings. The van der Waals surface area contributed by atoms with Gasteiger partial charge < -0.3 is 10.5 Å². The molecule has 0 bridgehead atoms. The van der Waals surface area contributed by atoms with Gasteiger partial charge in [0.15, 0.2) is 0 Å². The smallest absolute Gasteiger partial charge is 0.122 e. The van der Waals surface area contributed by atoms with Crippen molar-refractivity contribution in [1.82, 2.24) is 0 Å². The van der Waals surface area contributed by atoms with E-state index in [-0.39, 0.29) is 5.41 Å². The van der Waals surface area contributed by atoms with Gasteiger partial charge >= 0.3 is 0 Å². The van der Waals surface area contributed by atoms with Gasteiger partial charge in [0.1, 0.15) is 5.75 Å². The first-order valence-corrected chi connectivity index (χ1v) is 8.22. The lowest BCUT2D eigenvalue weighted by atomic mass is 9.63. The highest BCUT2D eigenvalue weighted by Crippen LogP contribution is 2.47. The molecule has 1 saturated carbocycles. The normalized spacial score (nSPS) is 20.6. The van der Waals surface area contributed by atoms with Crippen LogP contribution < -0.4 is 10.5 Å². The van der Waals surface area contributed by atoms with Crippen molar-refractivity contribution in [3.63, 3.8) is 0 Å². The van der Waals surface area contributed by atoms with Crippen LogP contribution in [0.5, 0.6) is 5.75 Å². The zero-order chi connectivity index (χ0) is 14.8. The Hall–Kier alpha value is -0.540. The molecule has 0 amide bonds. The number of rotatable bonds is 4. The molecule has 0 unspecified atom stereocenters. The zero-order valence-corrected chi connectivity index (χ0v) is 14.4. The second-order valence-electron chi connectivity index (χ2n) is 7.00. The van der Waals surface area contributed by atoms with Crippen LogP contribution in [0.4, 0.5) is 0 Å². The molecule has 1 aliphatic rings. The Balaban J connectivity index is 2.20. The van der Waals surface area contributed by atoms with Crippen LogP contribution in [0, 0.1) is 10.8 Å². The molecule has 0 aromatic heterocycles. The number of benzene rings is 1. The molecule has 1 aliphatic carbocycles. The summed E-state index contributed by atoms with van der Waals surface area (Å²) in [4.78, 5) is 0. The van der Waals surface area contributed by atoms with E-state index in [0.29, 0.717) is 5.41 Å². The van der Waals surface area contributed by atoms with E-state index >= 15 is 0 Å². The molecule has 2 nitrogen and oxygen atoms in total. The Morgan fingerprint density at radius 1 is 1.20 bits per heavy atom. The van der Waals surface area contributed by atoms with E-state index in [4.69, 9.17) is 10.5 Å². The van der Waals surface area contributed by atoms with E-state index in [1.807, 2.05) is 12.1 Å². The summed E-state index contributed by atoms with van der Waals surface area (Å²) in [7, 11) is 1.74. The summed E-state index contributed by atoms with van der Waals surface area (Å²) >= 11 is 3.56. The van der Waals surface area contributed by atoms with Crippen molar-refractivity contribution in [3.8, 4) is 5.75 Å². The maximum atomic E-state index is 6.15. The highest BCUT2D eigenvalue weighted by Gasteiger charge is 2.37. The molecule has 3 heteroatoms. The minimum absolute atomic E-state index is 0.240. The molecular weight excluding hydrogens is 314 g/mol. The molecular formula is C17H26BrNO. The van der Waals surface area contributed by atoms with E-state index < -0.39 is 0 Å². The second kappa shape index (κ2) is 6.07. The lowest BCUT2D eigenvalue weighted by Gasteiger charge is -2.43. The maximum Gasteiger partial charge on any atom is 0.122 e. The average Bonchev–Trinajstić information content (AvgIpc) is 2.42. The second-order valence-corrected chi connectivity index (χ2v) is 7.92. The molecule has 0 heterocycles. The summed E-state index contributed by atoms with van der Waals surface area (Å²) in [5.74, 6) is 0.978. The van der Waals surface area contributed by atoms with E-state index in [9.17, 15) is 0 Å². The Bertz CT molecular complexity index is 460. The SMILES string of the molecule is COc1ccc(Br)cc1CC1(CN)CCC(C)(C)CC1. The van der Waals surface area contributed by atoms with Crippen molar-refractivity contribution in [2.24, 2.45) is 16.6 Å². The lowest BCUT2D eigenvalue weighted by Crippen LogP contribution is -2.39. The molecule has 0 atom stereocenters. The fourth-order valence-corrected chi connectivity index (χ4v) is 3.61. The highest BCUT2D eigenvalue weighted by molar-refractivity contribution is 9.10. The van der Waals surface area contributed by atoms with Crippen LogP contribution in [0.25, 0.3) is 0 Å². The van der Waals surface area contributed by atoms with Crippen LogP contribution in [-0.2, 0) is 6.42 Å². The van der Waals surface area contributed by atoms with Crippen LogP contribution in [-0.4, -0.2) is 13.7 Å². The summed E-state index contributed by atoms with van der Waals surface area (Å²) in [5, 5.41) is 0. The molecule has 1 aromatic rings. The molecule has 2 N–H and O–H groups in total. The van der Waals surface area contributed by atoms with Gasteiger partial charge in [-0.15, -0.1) is 0 Å². The van der Waals surface area contributed by atoms with Crippen LogP contribution in [0.1, 0.15) is 45.1 Å². The molecule has 20 heavy (non-hydrogen) atoms. The fourth-order valence-electron chi connectivity index (χ4n) is 3.20. The number of halogens is 1. The quantitative estimate of drug-likeness (QED) is 0.873. The van der Waals surface area contributed by atoms with Gasteiger partial charge in [-0.05, 0) is 73.2 Å². The summed E-state index contributed by atoms with van der Waals surface area (Å²) in [5.41, 5.74) is 8.13. The van der Waals surface area contributed by atoms with Crippen molar-refractivity contribution in [1.29, 1.82) is 0 Å². The van der Waals surface area contributed by atoms with Gasteiger partial charge in [-0.3, -0.25) is 0 Å². The summed E-state index contributed by atoms with van der Waals surface area (Å²) in [6.07, 6.45) is 5.97. The van der Waals surface area contributed by atoms with Crippen LogP contribution in [0.15, 0.2) is 22.7 Å². The van der Waals surface area contributed by atoms with Gasteiger partial charge in [-0.25, -0.2) is 0 Å². The first kappa shape index (κ1) is 15.8. The van der Waals surface area contributed by atoms with Gasteiger partial charge in [0.25, 0.3) is 0 Å². The van der Waals surface area contributed by atoms with Gasteiger partial charge in [0.2, 0.25) is 0 Å². The largest absolute Gasteiger partial charge is 0.496 e. The highest BCUT2D eigenvalue weighted by atomic mass is 79.9. The standard InChI is InChI=1S/C17H26BrNO/c1-16(2)6-8-17(12-19,9-7-16)11-13-10-14(18)4-5-15(13)20-3/h4-5,10H,6-9,11-12,19H2,1-3H3. The molecule has 0 radical (unpaired) electrons. The fraction of sp³-hybridized carbons (Fsp3) is 0.647. The average molecular weight is 340 g/mol. The molecule has 2 rings (SSSR count). The lowest BCUT2D eigenvalue weighted by molar-refractivity contribution is 0.107. The Labute approximate surface area is 131 Å². The van der Waals surface area contributed by atoms with Crippen molar-refractivity contribution in [2.45, 2.75) is 46.0 Å². The molecule has 112 valence electrons. The predicted molar refractivity (Wildman–Crippen MR) is 88.1 cm³/mol. The summed E-state index contributed by atoms with van der Waals surface area (Å²) < 4.78 is 6.62. The van der Waals surface area contributed by atoms with Gasteiger partial charge in [-0.2, -0.15) is 0 Å².